The molecule has 84 valence electrons. The standard InChI is InChI=1S/C12H14FN3/c1-3-11-7(2)15-12(16-11)9-6-8(13)4-5-10(9)14/h4-6H,3,14H2,1-2H3,(H,15,16). The smallest absolute Gasteiger partial charge is 0.140 e. The molecule has 0 saturated heterocycles. The molecule has 0 bridgehead atoms. The minimum Gasteiger partial charge on any atom is -0.398 e. The van der Waals surface area contributed by atoms with Gasteiger partial charge in [-0.1, -0.05) is 6.92 Å². The van der Waals surface area contributed by atoms with Gasteiger partial charge in [-0.2, -0.15) is 0 Å². The van der Waals surface area contributed by atoms with Gasteiger partial charge >= 0.3 is 0 Å². The van der Waals surface area contributed by atoms with Gasteiger partial charge in [-0.05, 0) is 31.5 Å². The van der Waals surface area contributed by atoms with E-state index >= 15 is 0 Å². The highest BCUT2D eigenvalue weighted by Gasteiger charge is 2.10. The number of benzene rings is 1. The number of nitrogens with two attached hydrogens (primary N) is 1. The molecule has 2 rings (SSSR count). The van der Waals surface area contributed by atoms with Crippen LogP contribution in [0.2, 0.25) is 0 Å². The number of rotatable bonds is 2. The summed E-state index contributed by atoms with van der Waals surface area (Å²) in [5.74, 6) is 0.322. The fraction of sp³-hybridized carbons (Fsp3) is 0.250. The number of imidazole rings is 1. The van der Waals surface area contributed by atoms with Crippen LogP contribution in [0.3, 0.4) is 0 Å². The second-order valence-electron chi connectivity index (χ2n) is 3.74. The maximum absolute atomic E-state index is 13.1. The predicted octanol–water partition coefficient (Wildman–Crippen LogP) is 2.67. The lowest BCUT2D eigenvalue weighted by Gasteiger charge is -2.01. The predicted molar refractivity (Wildman–Crippen MR) is 62.5 cm³/mol. The van der Waals surface area contributed by atoms with Crippen LogP contribution in [-0.4, -0.2) is 9.97 Å². The van der Waals surface area contributed by atoms with Crippen LogP contribution in [0, 0.1) is 12.7 Å². The molecule has 0 spiro atoms. The van der Waals surface area contributed by atoms with E-state index in [1.165, 1.54) is 12.1 Å². The number of hydrogen-bond acceptors (Lipinski definition) is 2. The molecule has 3 N–H and O–H groups in total. The van der Waals surface area contributed by atoms with Crippen molar-refractivity contribution in [3.05, 3.63) is 35.4 Å². The summed E-state index contributed by atoms with van der Waals surface area (Å²) in [7, 11) is 0. The third-order valence-electron chi connectivity index (χ3n) is 2.59. The molecule has 0 fully saturated rings. The van der Waals surface area contributed by atoms with Gasteiger partial charge in [-0.3, -0.25) is 0 Å². The van der Waals surface area contributed by atoms with Crippen molar-refractivity contribution < 1.29 is 4.39 Å². The largest absolute Gasteiger partial charge is 0.398 e. The van der Waals surface area contributed by atoms with Gasteiger partial charge in [-0.25, -0.2) is 9.37 Å². The van der Waals surface area contributed by atoms with Gasteiger partial charge in [0.15, 0.2) is 0 Å². The molecule has 0 unspecified atom stereocenters. The molecule has 16 heavy (non-hydrogen) atoms. The average molecular weight is 219 g/mol. The maximum Gasteiger partial charge on any atom is 0.140 e. The highest BCUT2D eigenvalue weighted by atomic mass is 19.1. The van der Waals surface area contributed by atoms with Gasteiger partial charge in [0.1, 0.15) is 11.6 Å². The molecular weight excluding hydrogens is 205 g/mol. The fourth-order valence-electron chi connectivity index (χ4n) is 1.70. The molecule has 2 aromatic rings. The Balaban J connectivity index is 2.53. The lowest BCUT2D eigenvalue weighted by molar-refractivity contribution is 0.628. The van der Waals surface area contributed by atoms with Gasteiger partial charge in [0.25, 0.3) is 0 Å². The molecule has 3 nitrogen and oxygen atoms in total. The highest BCUT2D eigenvalue weighted by Crippen LogP contribution is 2.25. The third kappa shape index (κ3) is 1.78. The Morgan fingerprint density at radius 1 is 1.44 bits per heavy atom. The summed E-state index contributed by atoms with van der Waals surface area (Å²) in [6.07, 6.45) is 0.845. The number of H-pyrrole nitrogens is 1. The van der Waals surface area contributed by atoms with Crippen molar-refractivity contribution in [1.29, 1.82) is 0 Å². The van der Waals surface area contributed by atoms with E-state index < -0.39 is 0 Å². The van der Waals surface area contributed by atoms with Crippen LogP contribution >= 0.6 is 0 Å². The minimum absolute atomic E-state index is 0.309. The van der Waals surface area contributed by atoms with Gasteiger partial charge in [-0.15, -0.1) is 0 Å². The van der Waals surface area contributed by atoms with Crippen molar-refractivity contribution in [2.45, 2.75) is 20.3 Å². The molecule has 0 saturated carbocycles. The Kier molecular flexibility index (Phi) is 2.64. The molecule has 0 amide bonds. The first kappa shape index (κ1) is 10.7. The molecular formula is C12H14FN3. The van der Waals surface area contributed by atoms with Crippen molar-refractivity contribution in [2.24, 2.45) is 0 Å². The normalized spacial score (nSPS) is 10.7. The molecule has 1 aromatic heterocycles. The molecule has 0 aliphatic carbocycles. The summed E-state index contributed by atoms with van der Waals surface area (Å²) in [5, 5.41) is 0. The lowest BCUT2D eigenvalue weighted by atomic mass is 10.1. The van der Waals surface area contributed by atoms with E-state index in [2.05, 4.69) is 9.97 Å². The summed E-state index contributed by atoms with van der Waals surface area (Å²) in [6, 6.07) is 4.29. The van der Waals surface area contributed by atoms with E-state index in [0.29, 0.717) is 17.1 Å². The molecule has 0 radical (unpaired) electrons. The first-order valence-electron chi connectivity index (χ1n) is 5.22. The topological polar surface area (TPSA) is 54.7 Å². The highest BCUT2D eigenvalue weighted by molar-refractivity contribution is 5.71. The lowest BCUT2D eigenvalue weighted by Crippen LogP contribution is -1.92. The van der Waals surface area contributed by atoms with Crippen LogP contribution < -0.4 is 5.73 Å². The van der Waals surface area contributed by atoms with Crippen LogP contribution in [0.5, 0.6) is 0 Å². The summed E-state index contributed by atoms with van der Waals surface area (Å²) in [6.45, 7) is 3.98. The minimum atomic E-state index is -0.309. The number of nitrogen functional groups attached to an aromatic ring is 1. The zero-order valence-electron chi connectivity index (χ0n) is 9.34. The Bertz CT molecular complexity index is 517. The second kappa shape index (κ2) is 3.96. The van der Waals surface area contributed by atoms with Crippen LogP contribution in [0.1, 0.15) is 18.3 Å². The number of nitrogens with zero attached hydrogens (tertiary/aromatic N) is 1. The molecule has 0 aliphatic rings. The Morgan fingerprint density at radius 3 is 2.81 bits per heavy atom. The Labute approximate surface area is 93.5 Å². The Morgan fingerprint density at radius 2 is 2.19 bits per heavy atom. The summed E-state index contributed by atoms with van der Waals surface area (Å²) < 4.78 is 13.1. The van der Waals surface area contributed by atoms with E-state index in [1.807, 2.05) is 13.8 Å². The number of aromatic nitrogens is 2. The number of halogens is 1. The first-order chi connectivity index (χ1) is 7.61. The molecule has 1 aromatic carbocycles. The van der Waals surface area contributed by atoms with E-state index in [9.17, 15) is 4.39 Å². The van der Waals surface area contributed by atoms with Crippen molar-refractivity contribution in [3.8, 4) is 11.4 Å². The van der Waals surface area contributed by atoms with Crippen LogP contribution in [0.15, 0.2) is 18.2 Å². The van der Waals surface area contributed by atoms with E-state index in [4.69, 9.17) is 5.73 Å². The van der Waals surface area contributed by atoms with Crippen LogP contribution in [0.4, 0.5) is 10.1 Å². The Hall–Kier alpha value is -1.84. The van der Waals surface area contributed by atoms with Gasteiger partial charge < -0.3 is 10.7 Å². The van der Waals surface area contributed by atoms with Crippen molar-refractivity contribution in [1.82, 2.24) is 9.97 Å². The third-order valence-corrected chi connectivity index (χ3v) is 2.59. The van der Waals surface area contributed by atoms with Crippen molar-refractivity contribution in [2.75, 3.05) is 5.73 Å². The van der Waals surface area contributed by atoms with E-state index in [0.717, 1.165) is 17.8 Å². The van der Waals surface area contributed by atoms with Crippen LogP contribution in [0.25, 0.3) is 11.4 Å². The SMILES string of the molecule is CCc1nc(-c2cc(F)ccc2N)[nH]c1C. The number of nitrogens with one attached hydrogen (secondary N) is 1. The first-order valence-corrected chi connectivity index (χ1v) is 5.22. The summed E-state index contributed by atoms with van der Waals surface area (Å²) in [5.41, 5.74) is 8.92. The number of anilines is 1. The van der Waals surface area contributed by atoms with Crippen molar-refractivity contribution >= 4 is 5.69 Å². The quantitative estimate of drug-likeness (QED) is 0.763. The fourth-order valence-corrected chi connectivity index (χ4v) is 1.70. The monoisotopic (exact) mass is 219 g/mol. The average Bonchev–Trinajstić information content (AvgIpc) is 2.63. The number of aryl methyl sites for hydroxylation is 2. The van der Waals surface area contributed by atoms with Gasteiger partial charge in [0.2, 0.25) is 0 Å². The summed E-state index contributed by atoms with van der Waals surface area (Å²) >= 11 is 0. The zero-order valence-corrected chi connectivity index (χ0v) is 9.34. The van der Waals surface area contributed by atoms with Gasteiger partial charge in [0, 0.05) is 16.9 Å². The van der Waals surface area contributed by atoms with Crippen LogP contribution in [-0.2, 0) is 6.42 Å². The molecule has 0 aliphatic heterocycles. The molecule has 0 atom stereocenters. The number of hydrogen-bond donors (Lipinski definition) is 2. The van der Waals surface area contributed by atoms with E-state index in [1.54, 1.807) is 6.07 Å². The van der Waals surface area contributed by atoms with E-state index in [-0.39, 0.29) is 5.82 Å². The van der Waals surface area contributed by atoms with Crippen molar-refractivity contribution in [3.63, 3.8) is 0 Å². The number of aromatic amines is 1. The van der Waals surface area contributed by atoms with Gasteiger partial charge in [0.05, 0.1) is 5.69 Å². The maximum atomic E-state index is 13.1. The summed E-state index contributed by atoms with van der Waals surface area (Å²) in [4.78, 5) is 7.52. The zero-order chi connectivity index (χ0) is 11.7. The molecule has 1 heterocycles. The molecule has 4 heteroatoms. The second-order valence-corrected chi connectivity index (χ2v) is 3.74.